The van der Waals surface area contributed by atoms with Crippen LogP contribution in [0.5, 0.6) is 0 Å². The van der Waals surface area contributed by atoms with E-state index in [-0.39, 0.29) is 0 Å². The Balaban J connectivity index is 0.000000485. The van der Waals surface area contributed by atoms with Gasteiger partial charge in [-0.05, 0) is 52.2 Å². The number of aryl methyl sites for hydroxylation is 2. The van der Waals surface area contributed by atoms with Gasteiger partial charge in [0, 0.05) is 11.9 Å². The average Bonchev–Trinajstić information content (AvgIpc) is 2.91. The molecular weight excluding hydrogens is 284 g/mol. The van der Waals surface area contributed by atoms with Gasteiger partial charge in [0.15, 0.2) is 5.82 Å². The summed E-state index contributed by atoms with van der Waals surface area (Å²) in [6.45, 7) is 5.14. The first-order valence-electron chi connectivity index (χ1n) is 7.93. The molecule has 0 aromatic heterocycles. The van der Waals surface area contributed by atoms with E-state index in [0.29, 0.717) is 0 Å². The second-order valence-electron chi connectivity index (χ2n) is 5.65. The minimum atomic E-state index is 0.891. The minimum absolute atomic E-state index is 0.891. The standard InChI is InChI=1S/C17H15N3.C2H7N/c1-3-20-15-7-5-4-6-14(15)18-16-12-10-11(2)8-9-13(12)19-17(16)20;1-3-2/h4-10H,3H2,1-2H3;3H,1-2H3. The zero-order valence-corrected chi connectivity index (χ0v) is 14.1. The van der Waals surface area contributed by atoms with E-state index in [1.54, 1.807) is 0 Å². The molecule has 0 fully saturated rings. The minimum Gasteiger partial charge on any atom is -0.323 e. The molecule has 0 saturated heterocycles. The Morgan fingerprint density at radius 1 is 1.00 bits per heavy atom. The SMILES string of the molecule is CCn1c2nc3ccc(C)cc3c-2nc2ccccc21.CNC. The van der Waals surface area contributed by atoms with Crippen molar-refractivity contribution in [1.82, 2.24) is 19.9 Å². The van der Waals surface area contributed by atoms with Gasteiger partial charge in [0.25, 0.3) is 0 Å². The summed E-state index contributed by atoms with van der Waals surface area (Å²) in [6.07, 6.45) is 0. The number of rotatable bonds is 1. The lowest BCUT2D eigenvalue weighted by atomic mass is 10.1. The molecule has 2 heterocycles. The third-order valence-electron chi connectivity index (χ3n) is 3.82. The summed E-state index contributed by atoms with van der Waals surface area (Å²) in [6, 6.07) is 14.6. The lowest BCUT2D eigenvalue weighted by molar-refractivity contribution is 0.780. The van der Waals surface area contributed by atoms with Gasteiger partial charge in [-0.3, -0.25) is 0 Å². The maximum Gasteiger partial charge on any atom is 0.160 e. The molecule has 4 rings (SSSR count). The quantitative estimate of drug-likeness (QED) is 0.581. The molecule has 0 spiro atoms. The average molecular weight is 306 g/mol. The van der Waals surface area contributed by atoms with Crippen molar-refractivity contribution in [1.29, 1.82) is 0 Å². The van der Waals surface area contributed by atoms with Gasteiger partial charge in [-0.2, -0.15) is 0 Å². The van der Waals surface area contributed by atoms with E-state index in [1.165, 1.54) is 5.56 Å². The summed E-state index contributed by atoms with van der Waals surface area (Å²) in [5, 5.41) is 3.90. The molecule has 2 aliphatic rings. The van der Waals surface area contributed by atoms with Crippen molar-refractivity contribution in [3.8, 4) is 11.5 Å². The van der Waals surface area contributed by atoms with Crippen LogP contribution in [0.15, 0.2) is 42.5 Å². The van der Waals surface area contributed by atoms with Crippen molar-refractivity contribution >= 4 is 21.9 Å². The maximum atomic E-state index is 4.83. The van der Waals surface area contributed by atoms with Crippen LogP contribution in [0, 0.1) is 6.92 Å². The second-order valence-corrected chi connectivity index (χ2v) is 5.65. The first-order chi connectivity index (χ1) is 11.2. The van der Waals surface area contributed by atoms with E-state index in [2.05, 4.69) is 60.1 Å². The normalized spacial score (nSPS) is 11.0. The van der Waals surface area contributed by atoms with Gasteiger partial charge in [0.05, 0.1) is 16.6 Å². The molecule has 2 aromatic rings. The fraction of sp³-hybridized carbons (Fsp3) is 0.263. The van der Waals surface area contributed by atoms with Crippen molar-refractivity contribution in [2.24, 2.45) is 0 Å². The Bertz CT molecular complexity index is 923. The van der Waals surface area contributed by atoms with Crippen LogP contribution >= 0.6 is 0 Å². The second kappa shape index (κ2) is 6.34. The zero-order valence-electron chi connectivity index (χ0n) is 14.1. The Morgan fingerprint density at radius 3 is 2.48 bits per heavy atom. The molecule has 118 valence electrons. The number of nitrogens with zero attached hydrogens (tertiary/aromatic N) is 3. The van der Waals surface area contributed by atoms with Crippen molar-refractivity contribution in [3.63, 3.8) is 0 Å². The third kappa shape index (κ3) is 2.66. The smallest absolute Gasteiger partial charge is 0.160 e. The predicted molar refractivity (Wildman–Crippen MR) is 97.1 cm³/mol. The van der Waals surface area contributed by atoms with Crippen LogP contribution in [0.25, 0.3) is 33.5 Å². The van der Waals surface area contributed by atoms with Gasteiger partial charge in [0.2, 0.25) is 0 Å². The third-order valence-corrected chi connectivity index (χ3v) is 3.82. The number of hydrogen-bond donors (Lipinski definition) is 1. The molecule has 0 unspecified atom stereocenters. The Morgan fingerprint density at radius 2 is 1.74 bits per heavy atom. The van der Waals surface area contributed by atoms with Crippen LogP contribution in [0.3, 0.4) is 0 Å². The predicted octanol–water partition coefficient (Wildman–Crippen LogP) is 3.85. The van der Waals surface area contributed by atoms with Crippen LogP contribution in [-0.2, 0) is 6.54 Å². The molecule has 4 heteroatoms. The van der Waals surface area contributed by atoms with E-state index in [1.807, 2.05) is 20.2 Å². The van der Waals surface area contributed by atoms with Crippen LogP contribution in [-0.4, -0.2) is 28.6 Å². The molecule has 23 heavy (non-hydrogen) atoms. The highest BCUT2D eigenvalue weighted by atomic mass is 15.1. The monoisotopic (exact) mass is 306 g/mol. The summed E-state index contributed by atoms with van der Waals surface area (Å²) in [7, 11) is 3.75. The van der Waals surface area contributed by atoms with E-state index >= 15 is 0 Å². The van der Waals surface area contributed by atoms with Gasteiger partial charge in [0.1, 0.15) is 5.69 Å². The van der Waals surface area contributed by atoms with E-state index in [4.69, 9.17) is 9.97 Å². The van der Waals surface area contributed by atoms with Crippen LogP contribution in [0.2, 0.25) is 0 Å². The Kier molecular flexibility index (Phi) is 4.26. The number of benzene rings is 2. The summed E-state index contributed by atoms with van der Waals surface area (Å²) < 4.78 is 2.24. The van der Waals surface area contributed by atoms with Gasteiger partial charge in [-0.15, -0.1) is 0 Å². The van der Waals surface area contributed by atoms with E-state index in [9.17, 15) is 0 Å². The molecule has 0 amide bonds. The number of aromatic nitrogens is 3. The fourth-order valence-corrected chi connectivity index (χ4v) is 2.86. The summed E-state index contributed by atoms with van der Waals surface area (Å²) in [5.41, 5.74) is 5.43. The molecule has 0 aliphatic carbocycles. The molecule has 0 bridgehead atoms. The summed E-state index contributed by atoms with van der Waals surface area (Å²) >= 11 is 0. The molecule has 0 atom stereocenters. The molecule has 1 N–H and O–H groups in total. The summed E-state index contributed by atoms with van der Waals surface area (Å²) in [5.74, 6) is 0.979. The van der Waals surface area contributed by atoms with Gasteiger partial charge < -0.3 is 9.88 Å². The van der Waals surface area contributed by atoms with Crippen molar-refractivity contribution in [2.75, 3.05) is 14.1 Å². The molecular formula is C19H22N4. The van der Waals surface area contributed by atoms with Crippen molar-refractivity contribution in [2.45, 2.75) is 20.4 Å². The summed E-state index contributed by atoms with van der Waals surface area (Å²) in [4.78, 5) is 9.61. The van der Waals surface area contributed by atoms with Gasteiger partial charge in [-0.1, -0.05) is 23.8 Å². The van der Waals surface area contributed by atoms with Crippen LogP contribution in [0.4, 0.5) is 0 Å². The Hall–Kier alpha value is -2.46. The Labute approximate surface area is 136 Å². The first-order valence-corrected chi connectivity index (χ1v) is 7.93. The number of fused-ring (bicyclic) bond motifs is 4. The van der Waals surface area contributed by atoms with Gasteiger partial charge in [-0.25, -0.2) is 9.97 Å². The fourth-order valence-electron chi connectivity index (χ4n) is 2.86. The lowest BCUT2D eigenvalue weighted by Crippen LogP contribution is -2.05. The van der Waals surface area contributed by atoms with Crippen molar-refractivity contribution < 1.29 is 0 Å². The van der Waals surface area contributed by atoms with E-state index in [0.717, 1.165) is 40.0 Å². The number of para-hydroxylation sites is 2. The maximum absolute atomic E-state index is 4.83. The first kappa shape index (κ1) is 15.4. The van der Waals surface area contributed by atoms with Crippen LogP contribution < -0.4 is 5.32 Å². The van der Waals surface area contributed by atoms with E-state index < -0.39 is 0 Å². The largest absolute Gasteiger partial charge is 0.323 e. The number of hydrogen-bond acceptors (Lipinski definition) is 3. The zero-order chi connectivity index (χ0) is 16.4. The highest BCUT2D eigenvalue weighted by Gasteiger charge is 2.18. The molecule has 0 saturated carbocycles. The molecule has 2 aliphatic heterocycles. The number of nitrogens with one attached hydrogen (secondary N) is 1. The highest BCUT2D eigenvalue weighted by Crippen LogP contribution is 2.32. The van der Waals surface area contributed by atoms with Gasteiger partial charge >= 0.3 is 0 Å². The van der Waals surface area contributed by atoms with Crippen LogP contribution in [0.1, 0.15) is 12.5 Å². The van der Waals surface area contributed by atoms with Crippen molar-refractivity contribution in [3.05, 3.63) is 48.0 Å². The topological polar surface area (TPSA) is 42.7 Å². The molecule has 4 nitrogen and oxygen atoms in total. The highest BCUT2D eigenvalue weighted by molar-refractivity contribution is 5.97. The molecule has 2 aromatic carbocycles. The lowest BCUT2D eigenvalue weighted by Gasteiger charge is -2.12. The molecule has 0 radical (unpaired) electrons.